The van der Waals surface area contributed by atoms with Crippen molar-refractivity contribution in [1.82, 2.24) is 4.98 Å². The standard InChI is InChI=1S/C12H11ClFN3O2S/c1-7-11(4-5-12(13)16-7)17-20(18,19)8-2-3-10(15)9(14)6-8/h2-6,17H,15H2,1H3. The minimum Gasteiger partial charge on any atom is -0.396 e. The molecule has 0 amide bonds. The maximum absolute atomic E-state index is 13.3. The van der Waals surface area contributed by atoms with Crippen molar-refractivity contribution in [2.45, 2.75) is 11.8 Å². The van der Waals surface area contributed by atoms with Gasteiger partial charge >= 0.3 is 0 Å². The lowest BCUT2D eigenvalue weighted by Crippen LogP contribution is -2.14. The van der Waals surface area contributed by atoms with E-state index in [4.69, 9.17) is 17.3 Å². The normalized spacial score (nSPS) is 11.3. The van der Waals surface area contributed by atoms with Crippen LogP contribution in [0.4, 0.5) is 15.8 Å². The number of hydrogen-bond acceptors (Lipinski definition) is 4. The number of anilines is 2. The van der Waals surface area contributed by atoms with Crippen LogP contribution < -0.4 is 10.5 Å². The van der Waals surface area contributed by atoms with Crippen LogP contribution in [0.15, 0.2) is 35.2 Å². The molecule has 0 saturated heterocycles. The van der Waals surface area contributed by atoms with Gasteiger partial charge in [-0.15, -0.1) is 0 Å². The number of pyridine rings is 1. The van der Waals surface area contributed by atoms with Gasteiger partial charge in [0, 0.05) is 0 Å². The predicted molar refractivity (Wildman–Crippen MR) is 75.6 cm³/mol. The van der Waals surface area contributed by atoms with Gasteiger partial charge in [0.1, 0.15) is 11.0 Å². The van der Waals surface area contributed by atoms with Crippen LogP contribution >= 0.6 is 11.6 Å². The quantitative estimate of drug-likeness (QED) is 0.673. The van der Waals surface area contributed by atoms with E-state index in [0.717, 1.165) is 6.07 Å². The second-order valence-corrected chi connectivity index (χ2v) is 6.13. The summed E-state index contributed by atoms with van der Waals surface area (Å²) in [5.74, 6) is -0.793. The third kappa shape index (κ3) is 3.00. The Morgan fingerprint density at radius 3 is 2.60 bits per heavy atom. The molecular weight excluding hydrogens is 305 g/mol. The largest absolute Gasteiger partial charge is 0.396 e. The maximum atomic E-state index is 13.3. The first-order valence-corrected chi connectivity index (χ1v) is 7.37. The molecule has 1 aromatic carbocycles. The zero-order valence-electron chi connectivity index (χ0n) is 10.4. The molecule has 0 atom stereocenters. The van der Waals surface area contributed by atoms with E-state index in [2.05, 4.69) is 9.71 Å². The number of benzene rings is 1. The summed E-state index contributed by atoms with van der Waals surface area (Å²) in [4.78, 5) is 3.70. The number of sulfonamides is 1. The number of hydrogen-bond donors (Lipinski definition) is 2. The van der Waals surface area contributed by atoms with Gasteiger partial charge in [0.2, 0.25) is 0 Å². The average Bonchev–Trinajstić information content (AvgIpc) is 2.36. The third-order valence-corrected chi connectivity index (χ3v) is 4.15. The second kappa shape index (κ2) is 5.26. The van der Waals surface area contributed by atoms with E-state index in [-0.39, 0.29) is 21.4 Å². The van der Waals surface area contributed by atoms with Gasteiger partial charge in [-0.3, -0.25) is 4.72 Å². The molecule has 20 heavy (non-hydrogen) atoms. The van der Waals surface area contributed by atoms with Crippen LogP contribution in [-0.4, -0.2) is 13.4 Å². The number of nitrogens with one attached hydrogen (secondary N) is 1. The van der Waals surface area contributed by atoms with E-state index in [0.29, 0.717) is 5.69 Å². The van der Waals surface area contributed by atoms with Gasteiger partial charge in [-0.25, -0.2) is 17.8 Å². The Kier molecular flexibility index (Phi) is 3.82. The Bertz CT molecular complexity index is 765. The molecule has 106 valence electrons. The molecule has 0 aliphatic heterocycles. The van der Waals surface area contributed by atoms with E-state index in [9.17, 15) is 12.8 Å². The molecule has 5 nitrogen and oxygen atoms in total. The molecule has 0 unspecified atom stereocenters. The number of aryl methyl sites for hydroxylation is 1. The van der Waals surface area contributed by atoms with E-state index >= 15 is 0 Å². The molecule has 1 heterocycles. The molecule has 1 aromatic heterocycles. The van der Waals surface area contributed by atoms with E-state index < -0.39 is 15.8 Å². The highest BCUT2D eigenvalue weighted by molar-refractivity contribution is 7.92. The molecule has 0 spiro atoms. The van der Waals surface area contributed by atoms with E-state index in [1.54, 1.807) is 6.92 Å². The predicted octanol–water partition coefficient (Wildman–Crippen LogP) is 2.57. The van der Waals surface area contributed by atoms with Gasteiger partial charge in [0.15, 0.2) is 0 Å². The molecule has 2 rings (SSSR count). The molecule has 0 bridgehead atoms. The van der Waals surface area contributed by atoms with Crippen LogP contribution in [0.2, 0.25) is 5.15 Å². The van der Waals surface area contributed by atoms with Crippen LogP contribution in [0.25, 0.3) is 0 Å². The van der Waals surface area contributed by atoms with Crippen molar-refractivity contribution < 1.29 is 12.8 Å². The van der Waals surface area contributed by atoms with Crippen molar-refractivity contribution in [2.75, 3.05) is 10.5 Å². The summed E-state index contributed by atoms with van der Waals surface area (Å²) in [6.45, 7) is 1.60. The van der Waals surface area contributed by atoms with E-state index in [1.807, 2.05) is 0 Å². The van der Waals surface area contributed by atoms with Gasteiger partial charge in [0.25, 0.3) is 10.0 Å². The molecule has 0 saturated carbocycles. The fourth-order valence-electron chi connectivity index (χ4n) is 1.52. The smallest absolute Gasteiger partial charge is 0.262 e. The average molecular weight is 316 g/mol. The van der Waals surface area contributed by atoms with Crippen LogP contribution in [0.5, 0.6) is 0 Å². The molecule has 3 N–H and O–H groups in total. The summed E-state index contributed by atoms with van der Waals surface area (Å²) in [6, 6.07) is 6.21. The van der Waals surface area contributed by atoms with Gasteiger partial charge in [0.05, 0.1) is 22.0 Å². The molecule has 0 fully saturated rings. The zero-order chi connectivity index (χ0) is 14.9. The monoisotopic (exact) mass is 315 g/mol. The summed E-state index contributed by atoms with van der Waals surface area (Å²) < 4.78 is 39.9. The summed E-state index contributed by atoms with van der Waals surface area (Å²) >= 11 is 5.69. The summed E-state index contributed by atoms with van der Waals surface area (Å²) in [5, 5.41) is 0.254. The van der Waals surface area contributed by atoms with Gasteiger partial charge in [-0.1, -0.05) is 11.6 Å². The Labute approximate surface area is 120 Å². The highest BCUT2D eigenvalue weighted by Gasteiger charge is 2.17. The molecule has 0 aliphatic carbocycles. The Morgan fingerprint density at radius 2 is 2.00 bits per heavy atom. The minimum atomic E-state index is -3.92. The van der Waals surface area contributed by atoms with Gasteiger partial charge < -0.3 is 5.73 Å². The van der Waals surface area contributed by atoms with Crippen molar-refractivity contribution in [3.63, 3.8) is 0 Å². The van der Waals surface area contributed by atoms with Crippen LogP contribution in [0.3, 0.4) is 0 Å². The number of nitrogen functional groups attached to an aromatic ring is 1. The summed E-state index contributed by atoms with van der Waals surface area (Å²) in [6.07, 6.45) is 0. The van der Waals surface area contributed by atoms with Crippen molar-refractivity contribution in [2.24, 2.45) is 0 Å². The lowest BCUT2D eigenvalue weighted by molar-refractivity contribution is 0.596. The number of nitrogens with zero attached hydrogens (tertiary/aromatic N) is 1. The topological polar surface area (TPSA) is 85.1 Å². The first-order valence-electron chi connectivity index (χ1n) is 5.50. The van der Waals surface area contributed by atoms with Crippen molar-refractivity contribution in [3.8, 4) is 0 Å². The number of halogens is 2. The zero-order valence-corrected chi connectivity index (χ0v) is 12.0. The fourth-order valence-corrected chi connectivity index (χ4v) is 2.84. The van der Waals surface area contributed by atoms with Crippen molar-refractivity contribution in [1.29, 1.82) is 0 Å². The Balaban J connectivity index is 2.38. The molecular formula is C12H11ClFN3O2S. The van der Waals surface area contributed by atoms with Gasteiger partial charge in [-0.2, -0.15) is 0 Å². The van der Waals surface area contributed by atoms with Crippen molar-refractivity contribution >= 4 is 33.0 Å². The fraction of sp³-hybridized carbons (Fsp3) is 0.0833. The summed E-state index contributed by atoms with van der Waals surface area (Å²) in [5.41, 5.74) is 5.88. The molecule has 8 heteroatoms. The number of aromatic nitrogens is 1. The molecule has 0 radical (unpaired) electrons. The SMILES string of the molecule is Cc1nc(Cl)ccc1NS(=O)(=O)c1ccc(N)c(F)c1. The highest BCUT2D eigenvalue weighted by Crippen LogP contribution is 2.22. The second-order valence-electron chi connectivity index (χ2n) is 4.06. The Hall–Kier alpha value is -1.86. The first-order chi connectivity index (χ1) is 9.29. The lowest BCUT2D eigenvalue weighted by atomic mass is 10.3. The van der Waals surface area contributed by atoms with Crippen LogP contribution in [0.1, 0.15) is 5.69 Å². The van der Waals surface area contributed by atoms with Crippen molar-refractivity contribution in [3.05, 3.63) is 47.0 Å². The Morgan fingerprint density at radius 1 is 1.30 bits per heavy atom. The summed E-state index contributed by atoms with van der Waals surface area (Å²) in [7, 11) is -3.92. The molecule has 2 aromatic rings. The lowest BCUT2D eigenvalue weighted by Gasteiger charge is -2.10. The third-order valence-electron chi connectivity index (χ3n) is 2.58. The molecule has 0 aliphatic rings. The highest BCUT2D eigenvalue weighted by atomic mass is 35.5. The van der Waals surface area contributed by atoms with Crippen LogP contribution in [0, 0.1) is 12.7 Å². The van der Waals surface area contributed by atoms with E-state index in [1.165, 1.54) is 24.3 Å². The van der Waals surface area contributed by atoms with Gasteiger partial charge in [-0.05, 0) is 37.3 Å². The minimum absolute atomic E-state index is 0.117. The maximum Gasteiger partial charge on any atom is 0.262 e. The number of rotatable bonds is 3. The first kappa shape index (κ1) is 14.5. The number of nitrogens with two attached hydrogens (primary N) is 1. The van der Waals surface area contributed by atoms with Crippen LogP contribution in [-0.2, 0) is 10.0 Å².